The Morgan fingerprint density at radius 1 is 1.08 bits per heavy atom. The van der Waals surface area contributed by atoms with Crippen molar-refractivity contribution in [1.29, 1.82) is 0 Å². The van der Waals surface area contributed by atoms with Gasteiger partial charge in [0.25, 0.3) is 0 Å². The van der Waals surface area contributed by atoms with E-state index in [0.29, 0.717) is 0 Å². The molecule has 4 heterocycles. The first-order valence-corrected chi connectivity index (χ1v) is 10.8. The van der Waals surface area contributed by atoms with Crippen molar-refractivity contribution in [3.8, 4) is 0 Å². The van der Waals surface area contributed by atoms with Crippen LogP contribution >= 0.6 is 0 Å². The van der Waals surface area contributed by atoms with Crippen LogP contribution in [0, 0.1) is 5.92 Å². The minimum atomic E-state index is -5.19. The van der Waals surface area contributed by atoms with Crippen molar-refractivity contribution in [2.24, 2.45) is 5.92 Å². The molecule has 17 heteroatoms. The highest BCUT2D eigenvalue weighted by Gasteiger charge is 2.84. The molecule has 2 N–H and O–H groups in total. The molecule has 4 saturated heterocycles. The van der Waals surface area contributed by atoms with Crippen LogP contribution in [-0.4, -0.2) is 106 Å². The van der Waals surface area contributed by atoms with Gasteiger partial charge in [-0.1, -0.05) is 0 Å². The first-order chi connectivity index (χ1) is 16.6. The summed E-state index contributed by atoms with van der Waals surface area (Å²) in [5.74, 6) is -8.67. The van der Waals surface area contributed by atoms with Crippen molar-refractivity contribution in [1.82, 2.24) is 0 Å². The molecule has 37 heavy (non-hydrogen) atoms. The number of quaternary nitrogens is 1. The molecule has 8 unspecified atom stereocenters. The number of aliphatic carboxylic acids is 1. The molecule has 4 aliphatic heterocycles. The lowest BCUT2D eigenvalue weighted by atomic mass is 9.76. The van der Waals surface area contributed by atoms with Crippen molar-refractivity contribution in [3.05, 3.63) is 0 Å². The molecule has 4 fully saturated rings. The van der Waals surface area contributed by atoms with E-state index in [4.69, 9.17) is 24.1 Å². The fourth-order valence-electron chi connectivity index (χ4n) is 5.22. The van der Waals surface area contributed by atoms with Gasteiger partial charge in [-0.25, -0.2) is 14.1 Å². The molecular formula is C20H23F6NO10. The van der Waals surface area contributed by atoms with Gasteiger partial charge in [-0.2, -0.15) is 26.3 Å². The highest BCUT2D eigenvalue weighted by Crippen LogP contribution is 2.58. The molecular weight excluding hydrogens is 528 g/mol. The van der Waals surface area contributed by atoms with Crippen molar-refractivity contribution in [2.45, 2.75) is 74.6 Å². The fraction of sp³-hybridized carbons (Fsp3) is 0.800. The number of hydrogen-bond acceptors (Lipinski definition) is 10. The monoisotopic (exact) mass is 551 g/mol. The smallest absolute Gasteiger partial charge is 0.509 e. The van der Waals surface area contributed by atoms with Gasteiger partial charge in [0.1, 0.15) is 30.8 Å². The SMILES string of the molecule is CC1C(=O)OC2CC[N+]3(C(=O)C(F)(F)F)CC4OC4(COC(=O)C(C)(O)C1(C)O)C23.O=C([O-])C(F)(F)F. The Bertz CT molecular complexity index is 1010. The topological polar surface area (TPSA) is 163 Å². The summed E-state index contributed by atoms with van der Waals surface area (Å²) in [6.07, 6.45) is -12.3. The number of alkyl halides is 6. The van der Waals surface area contributed by atoms with E-state index in [0.717, 1.165) is 13.8 Å². The zero-order valence-corrected chi connectivity index (χ0v) is 19.5. The van der Waals surface area contributed by atoms with E-state index >= 15 is 0 Å². The number of nitrogens with zero attached hydrogens (tertiary/aromatic N) is 1. The number of aliphatic hydroxyl groups is 2. The van der Waals surface area contributed by atoms with Crippen LogP contribution in [0.5, 0.6) is 0 Å². The summed E-state index contributed by atoms with van der Waals surface area (Å²) < 4.78 is 86.9. The van der Waals surface area contributed by atoms with Gasteiger partial charge in [0.15, 0.2) is 23.3 Å². The number of epoxide rings is 1. The number of cyclic esters (lactones) is 1. The number of hydrogen-bond donors (Lipinski definition) is 2. The van der Waals surface area contributed by atoms with Crippen molar-refractivity contribution in [3.63, 3.8) is 0 Å². The number of carboxylic acids is 1. The third kappa shape index (κ3) is 4.44. The van der Waals surface area contributed by atoms with E-state index in [-0.39, 0.29) is 19.5 Å². The first-order valence-electron chi connectivity index (χ1n) is 10.8. The van der Waals surface area contributed by atoms with Crippen LogP contribution in [-0.2, 0) is 33.4 Å². The second kappa shape index (κ2) is 8.51. The number of morpholine rings is 1. The molecule has 0 aliphatic carbocycles. The van der Waals surface area contributed by atoms with Gasteiger partial charge in [-0.15, -0.1) is 0 Å². The van der Waals surface area contributed by atoms with Crippen LogP contribution in [0.25, 0.3) is 0 Å². The largest absolute Gasteiger partial charge is 0.542 e. The van der Waals surface area contributed by atoms with E-state index in [1.807, 2.05) is 0 Å². The predicted octanol–water partition coefficient (Wildman–Crippen LogP) is -1.28. The molecule has 0 radical (unpaired) electrons. The lowest BCUT2D eigenvalue weighted by Gasteiger charge is -2.39. The number of halogens is 6. The van der Waals surface area contributed by atoms with Crippen molar-refractivity contribution < 1.29 is 79.5 Å². The van der Waals surface area contributed by atoms with E-state index in [2.05, 4.69) is 0 Å². The molecule has 1 amide bonds. The van der Waals surface area contributed by atoms with Crippen LogP contribution in [0.2, 0.25) is 0 Å². The number of ether oxygens (including phenoxy) is 3. The van der Waals surface area contributed by atoms with Crippen LogP contribution in [0.1, 0.15) is 27.2 Å². The van der Waals surface area contributed by atoms with Gasteiger partial charge in [-0.05, 0) is 20.8 Å². The van der Waals surface area contributed by atoms with Gasteiger partial charge in [-0.3, -0.25) is 4.79 Å². The second-order valence-electron chi connectivity index (χ2n) is 9.82. The number of esters is 2. The second-order valence-corrected chi connectivity index (χ2v) is 9.82. The van der Waals surface area contributed by atoms with E-state index in [1.165, 1.54) is 6.92 Å². The molecule has 4 aliphatic rings. The minimum Gasteiger partial charge on any atom is -0.542 e. The highest BCUT2D eigenvalue weighted by atomic mass is 19.4. The van der Waals surface area contributed by atoms with Gasteiger partial charge in [0, 0.05) is 6.42 Å². The van der Waals surface area contributed by atoms with E-state index < -0.39 is 88.2 Å². The maximum atomic E-state index is 13.4. The Balaban J connectivity index is 0.000000479. The van der Waals surface area contributed by atoms with Gasteiger partial charge in [0.05, 0.1) is 12.5 Å². The lowest BCUT2D eigenvalue weighted by Crippen LogP contribution is -2.64. The fourth-order valence-corrected chi connectivity index (χ4v) is 5.22. The highest BCUT2D eigenvalue weighted by molar-refractivity contribution is 5.83. The number of rotatable bonds is 0. The minimum absolute atomic E-state index is 0.0325. The summed E-state index contributed by atoms with van der Waals surface area (Å²) in [4.78, 5) is 46.4. The van der Waals surface area contributed by atoms with Crippen LogP contribution < -0.4 is 5.11 Å². The van der Waals surface area contributed by atoms with Gasteiger partial charge < -0.3 is 34.3 Å². The Labute approximate surface area is 204 Å². The van der Waals surface area contributed by atoms with Crippen molar-refractivity contribution >= 4 is 23.8 Å². The number of carboxylic acid groups (broad SMARTS) is 1. The molecule has 0 aromatic heterocycles. The standard InChI is InChI=1S/C18H23F3NO8.C2HF3O2/c1-8-12(23)29-9-4-5-22(13(24)18(19,20)21)6-10-17(30-10,11(9)22)7-28-14(25)16(3,27)15(8,2)26;3-2(4,5)1(6)7/h8-11,26-27H,4-7H2,1-3H3;(H,6,7)/q+1;/p-1. The molecule has 210 valence electrons. The Hall–Kier alpha value is -2.50. The van der Waals surface area contributed by atoms with Crippen LogP contribution in [0.15, 0.2) is 0 Å². The Morgan fingerprint density at radius 2 is 1.62 bits per heavy atom. The van der Waals surface area contributed by atoms with E-state index in [1.54, 1.807) is 0 Å². The lowest BCUT2D eigenvalue weighted by molar-refractivity contribution is -0.869. The van der Waals surface area contributed by atoms with Crippen LogP contribution in [0.4, 0.5) is 26.3 Å². The predicted molar refractivity (Wildman–Crippen MR) is 99.4 cm³/mol. The summed E-state index contributed by atoms with van der Waals surface area (Å²) in [6.45, 7) is 2.23. The molecule has 8 atom stereocenters. The summed E-state index contributed by atoms with van der Waals surface area (Å²) in [5, 5.41) is 30.1. The summed E-state index contributed by atoms with van der Waals surface area (Å²) in [6, 6.07) is -1.21. The Kier molecular flexibility index (Phi) is 6.68. The zero-order chi connectivity index (χ0) is 28.6. The molecule has 0 bridgehead atoms. The van der Waals surface area contributed by atoms with E-state index in [9.17, 15) is 50.9 Å². The number of carbonyl (C=O) groups excluding carboxylic acids is 4. The van der Waals surface area contributed by atoms with Crippen LogP contribution in [0.3, 0.4) is 0 Å². The average molecular weight is 551 g/mol. The molecule has 0 saturated carbocycles. The third-order valence-electron chi connectivity index (χ3n) is 7.69. The molecule has 11 nitrogen and oxygen atoms in total. The molecule has 0 aromatic rings. The Morgan fingerprint density at radius 3 is 2.11 bits per heavy atom. The number of carbonyl (C=O) groups is 4. The molecule has 1 spiro atoms. The van der Waals surface area contributed by atoms with Gasteiger partial charge >= 0.3 is 30.2 Å². The quantitative estimate of drug-likeness (QED) is 0.161. The zero-order valence-electron chi connectivity index (χ0n) is 19.5. The average Bonchev–Trinajstić information content (AvgIpc) is 3.18. The normalized spacial score (nSPS) is 43.2. The van der Waals surface area contributed by atoms with Gasteiger partial charge in [0.2, 0.25) is 0 Å². The molecule has 0 aromatic carbocycles. The third-order valence-corrected chi connectivity index (χ3v) is 7.69. The first kappa shape index (κ1) is 29.1. The number of amides is 1. The summed E-state index contributed by atoms with van der Waals surface area (Å²) in [5.41, 5.74) is -6.25. The maximum Gasteiger partial charge on any atom is 0.509 e. The summed E-state index contributed by atoms with van der Waals surface area (Å²) in [7, 11) is 0. The maximum absolute atomic E-state index is 13.4. The molecule has 4 rings (SSSR count). The van der Waals surface area contributed by atoms with Crippen molar-refractivity contribution in [2.75, 3.05) is 19.7 Å². The summed E-state index contributed by atoms with van der Waals surface area (Å²) >= 11 is 0.